The van der Waals surface area contributed by atoms with Crippen molar-refractivity contribution in [3.63, 3.8) is 0 Å². The summed E-state index contributed by atoms with van der Waals surface area (Å²) in [6.07, 6.45) is 4.74. The van der Waals surface area contributed by atoms with Gasteiger partial charge in [-0.25, -0.2) is 0 Å². The normalized spacial score (nSPS) is 18.9. The topological polar surface area (TPSA) is 64.4 Å². The number of hydrogen-bond acceptors (Lipinski definition) is 4. The molecule has 0 bridgehead atoms. The smallest absolute Gasteiger partial charge is 0.270 e. The number of non-ortho nitro benzene ring substituents is 1. The van der Waals surface area contributed by atoms with E-state index in [9.17, 15) is 10.1 Å². The molecule has 1 aliphatic heterocycles. The van der Waals surface area contributed by atoms with E-state index >= 15 is 0 Å². The van der Waals surface area contributed by atoms with Gasteiger partial charge in [0, 0.05) is 24.8 Å². The van der Waals surface area contributed by atoms with Crippen LogP contribution in [0.3, 0.4) is 0 Å². The lowest BCUT2D eigenvalue weighted by Gasteiger charge is -2.23. The number of hydrogen-bond donors (Lipinski definition) is 1. The van der Waals surface area contributed by atoms with Crippen LogP contribution in [-0.4, -0.2) is 24.1 Å². The molecule has 0 aromatic heterocycles. The van der Waals surface area contributed by atoms with Gasteiger partial charge in [0.2, 0.25) is 0 Å². The third-order valence-corrected chi connectivity index (χ3v) is 3.88. The van der Waals surface area contributed by atoms with Crippen LogP contribution in [-0.2, 0) is 11.3 Å². The molecule has 1 unspecified atom stereocenters. The van der Waals surface area contributed by atoms with Crippen molar-refractivity contribution in [3.8, 4) is 0 Å². The van der Waals surface area contributed by atoms with Crippen molar-refractivity contribution in [1.29, 1.82) is 0 Å². The standard InChI is InChI=1S/C14H19ClN2O3/c15-14-9-13(17(18)19)5-4-11(14)10-20-8-6-12-3-1-2-7-16-12/h4-5,9,12,16H,1-3,6-8,10H2. The molecule has 1 aromatic rings. The summed E-state index contributed by atoms with van der Waals surface area (Å²) in [6.45, 7) is 2.16. The fourth-order valence-electron chi connectivity index (χ4n) is 2.34. The molecule has 20 heavy (non-hydrogen) atoms. The van der Waals surface area contributed by atoms with E-state index < -0.39 is 4.92 Å². The Balaban J connectivity index is 1.74. The maximum atomic E-state index is 10.6. The van der Waals surface area contributed by atoms with Gasteiger partial charge >= 0.3 is 0 Å². The SMILES string of the molecule is O=[N+]([O-])c1ccc(COCCC2CCCCN2)c(Cl)c1. The fraction of sp³-hybridized carbons (Fsp3) is 0.571. The van der Waals surface area contributed by atoms with Crippen LogP contribution < -0.4 is 5.32 Å². The van der Waals surface area contributed by atoms with Crippen molar-refractivity contribution < 1.29 is 9.66 Å². The molecule has 1 atom stereocenters. The predicted molar refractivity (Wildman–Crippen MR) is 78.0 cm³/mol. The first-order chi connectivity index (χ1) is 9.66. The molecule has 110 valence electrons. The molecule has 1 N–H and O–H groups in total. The van der Waals surface area contributed by atoms with Crippen LogP contribution in [0.5, 0.6) is 0 Å². The summed E-state index contributed by atoms with van der Waals surface area (Å²) < 4.78 is 5.61. The van der Waals surface area contributed by atoms with Gasteiger partial charge in [0.15, 0.2) is 0 Å². The zero-order valence-corrected chi connectivity index (χ0v) is 12.1. The Morgan fingerprint density at radius 1 is 1.45 bits per heavy atom. The highest BCUT2D eigenvalue weighted by atomic mass is 35.5. The molecule has 1 saturated heterocycles. The van der Waals surface area contributed by atoms with Crippen LogP contribution in [0.1, 0.15) is 31.2 Å². The summed E-state index contributed by atoms with van der Waals surface area (Å²) in [4.78, 5) is 10.2. The summed E-state index contributed by atoms with van der Waals surface area (Å²) in [5.41, 5.74) is 0.791. The van der Waals surface area contributed by atoms with Crippen LogP contribution >= 0.6 is 11.6 Å². The molecule has 0 spiro atoms. The first-order valence-corrected chi connectivity index (χ1v) is 7.28. The van der Waals surface area contributed by atoms with Gasteiger partial charge in [-0.2, -0.15) is 0 Å². The van der Waals surface area contributed by atoms with Crippen LogP contribution in [0.15, 0.2) is 18.2 Å². The molecule has 2 rings (SSSR count). The molecular formula is C14H19ClN2O3. The number of piperidine rings is 1. The number of ether oxygens (including phenoxy) is 1. The number of rotatable bonds is 6. The van der Waals surface area contributed by atoms with Gasteiger partial charge in [-0.3, -0.25) is 10.1 Å². The van der Waals surface area contributed by atoms with Crippen LogP contribution in [0.4, 0.5) is 5.69 Å². The van der Waals surface area contributed by atoms with Gasteiger partial charge in [0.25, 0.3) is 5.69 Å². The minimum Gasteiger partial charge on any atom is -0.377 e. The van der Waals surface area contributed by atoms with Crippen LogP contribution in [0.2, 0.25) is 5.02 Å². The minimum absolute atomic E-state index is 0.00477. The highest BCUT2D eigenvalue weighted by Crippen LogP contribution is 2.23. The molecule has 0 amide bonds. The van der Waals surface area contributed by atoms with Crippen LogP contribution in [0.25, 0.3) is 0 Å². The molecular weight excluding hydrogens is 280 g/mol. The quantitative estimate of drug-likeness (QED) is 0.497. The number of nitrogens with one attached hydrogen (secondary N) is 1. The monoisotopic (exact) mass is 298 g/mol. The second-order valence-corrected chi connectivity index (χ2v) is 5.43. The van der Waals surface area contributed by atoms with Crippen LogP contribution in [0, 0.1) is 10.1 Å². The van der Waals surface area contributed by atoms with Gasteiger partial charge in [-0.15, -0.1) is 0 Å². The van der Waals surface area contributed by atoms with Crippen molar-refractivity contribution in [2.45, 2.75) is 38.3 Å². The molecule has 5 nitrogen and oxygen atoms in total. The second kappa shape index (κ2) is 7.57. The summed E-state index contributed by atoms with van der Waals surface area (Å²) in [7, 11) is 0. The first kappa shape index (κ1) is 15.2. The van der Waals surface area contributed by atoms with E-state index in [-0.39, 0.29) is 5.69 Å². The lowest BCUT2D eigenvalue weighted by molar-refractivity contribution is -0.384. The van der Waals surface area contributed by atoms with E-state index in [1.165, 1.54) is 31.4 Å². The number of nitro benzene ring substituents is 1. The molecule has 6 heteroatoms. The van der Waals surface area contributed by atoms with E-state index in [0.717, 1.165) is 18.5 Å². The first-order valence-electron chi connectivity index (χ1n) is 6.91. The Kier molecular flexibility index (Phi) is 5.76. The lowest BCUT2D eigenvalue weighted by Crippen LogP contribution is -2.34. The van der Waals surface area contributed by atoms with E-state index in [0.29, 0.717) is 24.3 Å². The zero-order chi connectivity index (χ0) is 14.4. The summed E-state index contributed by atoms with van der Waals surface area (Å²) in [6, 6.07) is 5.02. The largest absolute Gasteiger partial charge is 0.377 e. The molecule has 1 heterocycles. The number of halogens is 1. The predicted octanol–water partition coefficient (Wildman–Crippen LogP) is 3.30. The minimum atomic E-state index is -0.453. The second-order valence-electron chi connectivity index (χ2n) is 5.02. The number of nitrogens with zero attached hydrogens (tertiary/aromatic N) is 1. The highest BCUT2D eigenvalue weighted by molar-refractivity contribution is 6.31. The van der Waals surface area contributed by atoms with Gasteiger partial charge < -0.3 is 10.1 Å². The van der Waals surface area contributed by atoms with E-state index in [1.54, 1.807) is 6.07 Å². The van der Waals surface area contributed by atoms with Crippen molar-refractivity contribution in [3.05, 3.63) is 38.9 Å². The van der Waals surface area contributed by atoms with E-state index in [2.05, 4.69) is 5.32 Å². The van der Waals surface area contributed by atoms with Gasteiger partial charge in [-0.05, 0) is 37.4 Å². The molecule has 0 radical (unpaired) electrons. The summed E-state index contributed by atoms with van der Waals surface area (Å²) >= 11 is 6.00. The number of nitro groups is 1. The van der Waals surface area contributed by atoms with E-state index in [4.69, 9.17) is 16.3 Å². The Labute approximate surface area is 123 Å². The Morgan fingerprint density at radius 3 is 2.95 bits per heavy atom. The maximum absolute atomic E-state index is 10.6. The molecule has 1 aromatic carbocycles. The summed E-state index contributed by atoms with van der Waals surface area (Å²) in [5, 5.41) is 14.5. The molecule has 0 aliphatic carbocycles. The van der Waals surface area contributed by atoms with Crippen molar-refractivity contribution in [1.82, 2.24) is 5.32 Å². The molecule has 1 fully saturated rings. The average Bonchev–Trinajstić information content (AvgIpc) is 2.46. The Morgan fingerprint density at radius 2 is 2.30 bits per heavy atom. The fourth-order valence-corrected chi connectivity index (χ4v) is 2.57. The van der Waals surface area contributed by atoms with E-state index in [1.807, 2.05) is 0 Å². The molecule has 1 aliphatic rings. The van der Waals surface area contributed by atoms with Gasteiger partial charge in [0.05, 0.1) is 16.6 Å². The van der Waals surface area contributed by atoms with Gasteiger partial charge in [0.1, 0.15) is 0 Å². The lowest BCUT2D eigenvalue weighted by atomic mass is 10.0. The highest BCUT2D eigenvalue weighted by Gasteiger charge is 2.12. The van der Waals surface area contributed by atoms with Crippen molar-refractivity contribution in [2.75, 3.05) is 13.2 Å². The summed E-state index contributed by atoms with van der Waals surface area (Å²) in [5.74, 6) is 0. The third kappa shape index (κ3) is 4.44. The Hall–Kier alpha value is -1.17. The third-order valence-electron chi connectivity index (χ3n) is 3.53. The average molecular weight is 299 g/mol. The zero-order valence-electron chi connectivity index (χ0n) is 11.3. The van der Waals surface area contributed by atoms with Crippen molar-refractivity contribution >= 4 is 17.3 Å². The van der Waals surface area contributed by atoms with Crippen molar-refractivity contribution in [2.24, 2.45) is 0 Å². The Bertz CT molecular complexity index is 462. The molecule has 0 saturated carbocycles. The maximum Gasteiger partial charge on any atom is 0.270 e. The van der Waals surface area contributed by atoms with Gasteiger partial charge in [-0.1, -0.05) is 18.0 Å². The number of benzene rings is 1.